The highest BCUT2D eigenvalue weighted by atomic mass is 16.3. The maximum absolute atomic E-state index is 9.21. The zero-order chi connectivity index (χ0) is 22.1. The summed E-state index contributed by atoms with van der Waals surface area (Å²) in [4.78, 5) is 2.42. The fraction of sp³-hybridized carbons (Fsp3) is 0.250. The number of fused-ring (bicyclic) bond motifs is 1. The van der Waals surface area contributed by atoms with E-state index < -0.39 is 0 Å². The van der Waals surface area contributed by atoms with Crippen LogP contribution in [0.2, 0.25) is 0 Å². The molecule has 0 amide bonds. The molecule has 4 heteroatoms. The van der Waals surface area contributed by atoms with Crippen LogP contribution in [0.5, 0.6) is 0 Å². The van der Waals surface area contributed by atoms with E-state index in [-0.39, 0.29) is 6.04 Å². The quantitative estimate of drug-likeness (QED) is 0.447. The lowest BCUT2D eigenvalue weighted by molar-refractivity contribution is 0.201. The fourth-order valence-corrected chi connectivity index (χ4v) is 4.66. The Bertz CT molecular complexity index is 1280. The molecule has 1 aliphatic rings. The van der Waals surface area contributed by atoms with Gasteiger partial charge in [0.15, 0.2) is 0 Å². The summed E-state index contributed by atoms with van der Waals surface area (Å²) in [7, 11) is 0. The Kier molecular flexibility index (Phi) is 5.53. The molecule has 1 saturated heterocycles. The van der Waals surface area contributed by atoms with Gasteiger partial charge in [0, 0.05) is 30.1 Å². The minimum atomic E-state index is 0.254. The van der Waals surface area contributed by atoms with Crippen molar-refractivity contribution in [3.8, 4) is 28.3 Å². The summed E-state index contributed by atoms with van der Waals surface area (Å²) >= 11 is 0. The van der Waals surface area contributed by atoms with Gasteiger partial charge in [0.2, 0.25) is 0 Å². The van der Waals surface area contributed by atoms with Crippen molar-refractivity contribution in [3.63, 3.8) is 0 Å². The zero-order valence-electron chi connectivity index (χ0n) is 18.3. The smallest absolute Gasteiger partial charge is 0.134 e. The Morgan fingerprint density at radius 2 is 1.72 bits per heavy atom. The normalized spacial score (nSPS) is 16.8. The third-order valence-corrected chi connectivity index (χ3v) is 6.42. The maximum atomic E-state index is 9.21. The van der Waals surface area contributed by atoms with Crippen LogP contribution in [0, 0.1) is 18.3 Å². The molecule has 2 N–H and O–H groups in total. The second-order valence-corrected chi connectivity index (χ2v) is 8.85. The van der Waals surface area contributed by atoms with Crippen LogP contribution >= 0.6 is 0 Å². The molecule has 0 saturated carbocycles. The van der Waals surface area contributed by atoms with Crippen molar-refractivity contribution in [1.29, 1.82) is 5.26 Å². The van der Waals surface area contributed by atoms with Crippen LogP contribution in [-0.2, 0) is 6.54 Å². The van der Waals surface area contributed by atoms with Gasteiger partial charge in [-0.3, -0.25) is 4.90 Å². The van der Waals surface area contributed by atoms with E-state index in [4.69, 9.17) is 10.2 Å². The third kappa shape index (κ3) is 4.05. The molecule has 0 bridgehead atoms. The van der Waals surface area contributed by atoms with Gasteiger partial charge < -0.3 is 10.2 Å². The summed E-state index contributed by atoms with van der Waals surface area (Å²) in [6.07, 6.45) is 4.14. The van der Waals surface area contributed by atoms with Gasteiger partial charge in [-0.15, -0.1) is 0 Å². The van der Waals surface area contributed by atoms with E-state index in [1.807, 2.05) is 30.5 Å². The van der Waals surface area contributed by atoms with Crippen molar-refractivity contribution in [2.24, 2.45) is 5.73 Å². The topological polar surface area (TPSA) is 66.2 Å². The number of furan rings is 1. The first-order valence-electron chi connectivity index (χ1n) is 11.2. The van der Waals surface area contributed by atoms with Crippen LogP contribution in [0.25, 0.3) is 33.2 Å². The van der Waals surface area contributed by atoms with Crippen molar-refractivity contribution in [2.45, 2.75) is 32.4 Å². The van der Waals surface area contributed by atoms with Crippen LogP contribution in [-0.4, -0.2) is 24.0 Å². The number of aryl methyl sites for hydroxylation is 1. The number of benzene rings is 3. The molecule has 0 aliphatic carbocycles. The van der Waals surface area contributed by atoms with Gasteiger partial charge in [-0.2, -0.15) is 5.26 Å². The summed E-state index contributed by atoms with van der Waals surface area (Å²) in [5.74, 6) is 0. The van der Waals surface area contributed by atoms with E-state index in [9.17, 15) is 5.26 Å². The summed E-state index contributed by atoms with van der Waals surface area (Å²) in [5.41, 5.74) is 14.7. The van der Waals surface area contributed by atoms with E-state index in [1.165, 1.54) is 11.1 Å². The highest BCUT2D eigenvalue weighted by molar-refractivity contribution is 5.95. The number of nitriles is 1. The monoisotopic (exact) mass is 421 g/mol. The molecule has 1 aromatic heterocycles. The summed E-state index contributed by atoms with van der Waals surface area (Å²) < 4.78 is 6.03. The van der Waals surface area contributed by atoms with Crippen molar-refractivity contribution in [2.75, 3.05) is 13.1 Å². The fourth-order valence-electron chi connectivity index (χ4n) is 4.66. The van der Waals surface area contributed by atoms with Gasteiger partial charge in [0.05, 0.1) is 17.9 Å². The molecule has 0 unspecified atom stereocenters. The average molecular weight is 422 g/mol. The lowest BCUT2D eigenvalue weighted by atomic mass is 9.92. The Hall–Kier alpha value is -3.39. The first-order chi connectivity index (χ1) is 15.6. The lowest BCUT2D eigenvalue weighted by Gasteiger charge is -2.30. The van der Waals surface area contributed by atoms with E-state index in [2.05, 4.69) is 54.3 Å². The maximum Gasteiger partial charge on any atom is 0.134 e. The van der Waals surface area contributed by atoms with Gasteiger partial charge in [-0.05, 0) is 72.8 Å². The first-order valence-corrected chi connectivity index (χ1v) is 11.2. The van der Waals surface area contributed by atoms with Gasteiger partial charge in [-0.1, -0.05) is 42.0 Å². The third-order valence-electron chi connectivity index (χ3n) is 6.42. The summed E-state index contributed by atoms with van der Waals surface area (Å²) in [6.45, 7) is 4.94. The van der Waals surface area contributed by atoms with Gasteiger partial charge in [0.25, 0.3) is 0 Å². The molecule has 160 valence electrons. The Morgan fingerprint density at radius 1 is 1.03 bits per heavy atom. The van der Waals surface area contributed by atoms with Gasteiger partial charge in [-0.25, -0.2) is 0 Å². The Balaban J connectivity index is 1.61. The second kappa shape index (κ2) is 8.63. The zero-order valence-corrected chi connectivity index (χ0v) is 18.3. The van der Waals surface area contributed by atoms with E-state index in [0.717, 1.165) is 65.7 Å². The van der Waals surface area contributed by atoms with E-state index in [0.29, 0.717) is 5.56 Å². The van der Waals surface area contributed by atoms with Gasteiger partial charge >= 0.3 is 0 Å². The minimum absolute atomic E-state index is 0.254. The number of likely N-dealkylation sites (tertiary alicyclic amines) is 1. The molecule has 5 rings (SSSR count). The molecule has 1 atom stereocenters. The average Bonchev–Trinajstić information content (AvgIpc) is 3.20. The second-order valence-electron chi connectivity index (χ2n) is 8.85. The number of nitrogens with zero attached hydrogens (tertiary/aromatic N) is 2. The molecule has 0 radical (unpaired) electrons. The van der Waals surface area contributed by atoms with Crippen LogP contribution in [0.15, 0.2) is 71.3 Å². The van der Waals surface area contributed by atoms with E-state index in [1.54, 1.807) is 0 Å². The number of piperidine rings is 1. The first kappa shape index (κ1) is 20.5. The van der Waals surface area contributed by atoms with Crippen molar-refractivity contribution in [3.05, 3.63) is 83.6 Å². The Labute approximate surface area is 188 Å². The van der Waals surface area contributed by atoms with Crippen molar-refractivity contribution >= 4 is 11.0 Å². The van der Waals surface area contributed by atoms with Crippen LogP contribution in [0.4, 0.5) is 0 Å². The highest BCUT2D eigenvalue weighted by Crippen LogP contribution is 2.38. The molecule has 0 spiro atoms. The molecule has 3 aromatic carbocycles. The molecule has 1 fully saturated rings. The van der Waals surface area contributed by atoms with Crippen LogP contribution in [0.3, 0.4) is 0 Å². The molecule has 2 heterocycles. The molecular formula is C28H27N3O. The number of hydrogen-bond donors (Lipinski definition) is 1. The molecular weight excluding hydrogens is 394 g/mol. The molecule has 4 aromatic rings. The SMILES string of the molecule is Cc1ccc(-c2cc3occ(CN4CCC[C@H](N)C4)c3cc2-c2ccc(C#N)cc2)cc1. The minimum Gasteiger partial charge on any atom is -0.464 e. The van der Waals surface area contributed by atoms with Crippen molar-refractivity contribution < 1.29 is 4.42 Å². The van der Waals surface area contributed by atoms with Crippen molar-refractivity contribution in [1.82, 2.24) is 4.90 Å². The number of hydrogen-bond acceptors (Lipinski definition) is 4. The number of nitrogens with two attached hydrogens (primary N) is 1. The summed E-state index contributed by atoms with van der Waals surface area (Å²) in [6, 6.07) is 23.3. The van der Waals surface area contributed by atoms with Gasteiger partial charge in [0.1, 0.15) is 5.58 Å². The molecule has 4 nitrogen and oxygen atoms in total. The van der Waals surface area contributed by atoms with Crippen LogP contribution < -0.4 is 5.73 Å². The van der Waals surface area contributed by atoms with Crippen LogP contribution in [0.1, 0.15) is 29.5 Å². The largest absolute Gasteiger partial charge is 0.464 e. The molecule has 1 aliphatic heterocycles. The number of rotatable bonds is 4. The standard InChI is InChI=1S/C28H27N3O/c1-19-4-8-21(9-5-19)26-14-28-27(13-25(26)22-10-6-20(15-29)7-11-22)23(18-32-28)16-31-12-2-3-24(30)17-31/h4-11,13-14,18,24H,2-3,12,16-17,30H2,1H3/t24-/m0/s1. The van der Waals surface area contributed by atoms with E-state index >= 15 is 0 Å². The lowest BCUT2D eigenvalue weighted by Crippen LogP contribution is -2.42. The predicted octanol–water partition coefficient (Wildman–Crippen LogP) is 5.87. The predicted molar refractivity (Wildman–Crippen MR) is 129 cm³/mol. The molecule has 32 heavy (non-hydrogen) atoms. The summed E-state index contributed by atoms with van der Waals surface area (Å²) in [5, 5.41) is 10.3. The Morgan fingerprint density at radius 3 is 2.41 bits per heavy atom. The highest BCUT2D eigenvalue weighted by Gasteiger charge is 2.20.